The third-order valence-electron chi connectivity index (χ3n) is 2.07. The van der Waals surface area contributed by atoms with Crippen molar-refractivity contribution >= 4 is 0 Å². The fourth-order valence-electron chi connectivity index (χ4n) is 1.21. The highest BCUT2D eigenvalue weighted by molar-refractivity contribution is 5.39. The highest BCUT2D eigenvalue weighted by Gasteiger charge is 2.02. The van der Waals surface area contributed by atoms with Gasteiger partial charge in [0.2, 0.25) is 0 Å². The Morgan fingerprint density at radius 1 is 0.875 bits per heavy atom. The molecule has 0 amide bonds. The standard InChI is InChI=1S/C12H20N2O2/c1-13-7-9-15-11-5-3-4-6-12(11)16-10-8-14-2/h3-6,13-14H,7-10H2,1-2H3. The van der Waals surface area contributed by atoms with Crippen molar-refractivity contribution in [2.24, 2.45) is 0 Å². The molecule has 4 nitrogen and oxygen atoms in total. The van der Waals surface area contributed by atoms with Crippen LogP contribution in [0.5, 0.6) is 11.5 Å². The highest BCUT2D eigenvalue weighted by Crippen LogP contribution is 2.25. The number of rotatable bonds is 8. The highest BCUT2D eigenvalue weighted by atomic mass is 16.5. The summed E-state index contributed by atoms with van der Waals surface area (Å²) in [5.41, 5.74) is 0. The molecule has 16 heavy (non-hydrogen) atoms. The molecule has 0 aliphatic heterocycles. The first-order chi connectivity index (χ1) is 7.88. The molecular weight excluding hydrogens is 204 g/mol. The van der Waals surface area contributed by atoms with E-state index in [1.807, 2.05) is 38.4 Å². The number of nitrogens with one attached hydrogen (secondary N) is 2. The molecule has 0 aliphatic carbocycles. The summed E-state index contributed by atoms with van der Waals surface area (Å²) in [5.74, 6) is 1.60. The molecule has 0 spiro atoms. The molecule has 0 aliphatic rings. The van der Waals surface area contributed by atoms with Gasteiger partial charge in [-0.15, -0.1) is 0 Å². The molecule has 90 valence electrons. The SMILES string of the molecule is CNCCOc1ccccc1OCCNC. The summed E-state index contributed by atoms with van der Waals surface area (Å²) in [6.07, 6.45) is 0. The van der Waals surface area contributed by atoms with Gasteiger partial charge in [-0.1, -0.05) is 12.1 Å². The van der Waals surface area contributed by atoms with Crippen molar-refractivity contribution in [2.75, 3.05) is 40.4 Å². The Morgan fingerprint density at radius 3 is 1.69 bits per heavy atom. The van der Waals surface area contributed by atoms with Crippen LogP contribution in [0.15, 0.2) is 24.3 Å². The summed E-state index contributed by atoms with van der Waals surface area (Å²) < 4.78 is 11.2. The minimum atomic E-state index is 0.642. The van der Waals surface area contributed by atoms with Gasteiger partial charge in [-0.2, -0.15) is 0 Å². The van der Waals surface area contributed by atoms with E-state index in [0.29, 0.717) is 13.2 Å². The zero-order chi connectivity index (χ0) is 11.6. The van der Waals surface area contributed by atoms with Crippen LogP contribution >= 0.6 is 0 Å². The Balaban J connectivity index is 2.46. The molecule has 0 fully saturated rings. The van der Waals surface area contributed by atoms with Crippen LogP contribution in [0.4, 0.5) is 0 Å². The van der Waals surface area contributed by atoms with E-state index in [1.165, 1.54) is 0 Å². The number of hydrogen-bond acceptors (Lipinski definition) is 4. The van der Waals surface area contributed by atoms with E-state index < -0.39 is 0 Å². The van der Waals surface area contributed by atoms with Gasteiger partial charge in [-0.3, -0.25) is 0 Å². The topological polar surface area (TPSA) is 42.5 Å². The van der Waals surface area contributed by atoms with Crippen molar-refractivity contribution in [1.29, 1.82) is 0 Å². The van der Waals surface area contributed by atoms with E-state index >= 15 is 0 Å². The van der Waals surface area contributed by atoms with Crippen LogP contribution < -0.4 is 20.1 Å². The number of hydrogen-bond donors (Lipinski definition) is 2. The summed E-state index contributed by atoms with van der Waals surface area (Å²) >= 11 is 0. The molecule has 0 saturated heterocycles. The van der Waals surface area contributed by atoms with Crippen LogP contribution in [-0.2, 0) is 0 Å². The number of likely N-dealkylation sites (N-methyl/N-ethyl adjacent to an activating group) is 2. The predicted molar refractivity (Wildman–Crippen MR) is 65.3 cm³/mol. The van der Waals surface area contributed by atoms with Crippen molar-refractivity contribution < 1.29 is 9.47 Å². The quantitative estimate of drug-likeness (QED) is 0.643. The van der Waals surface area contributed by atoms with Gasteiger partial charge in [0.15, 0.2) is 11.5 Å². The van der Waals surface area contributed by atoms with E-state index in [9.17, 15) is 0 Å². The Morgan fingerprint density at radius 2 is 1.31 bits per heavy atom. The van der Waals surface area contributed by atoms with Gasteiger partial charge >= 0.3 is 0 Å². The van der Waals surface area contributed by atoms with E-state index in [4.69, 9.17) is 9.47 Å². The zero-order valence-electron chi connectivity index (χ0n) is 9.95. The van der Waals surface area contributed by atoms with Crippen molar-refractivity contribution in [1.82, 2.24) is 10.6 Å². The van der Waals surface area contributed by atoms with Crippen LogP contribution in [0.1, 0.15) is 0 Å². The van der Waals surface area contributed by atoms with Gasteiger partial charge < -0.3 is 20.1 Å². The van der Waals surface area contributed by atoms with Gasteiger partial charge in [0.1, 0.15) is 13.2 Å². The maximum Gasteiger partial charge on any atom is 0.161 e. The molecule has 1 rings (SSSR count). The first-order valence-corrected chi connectivity index (χ1v) is 5.52. The molecule has 0 saturated carbocycles. The van der Waals surface area contributed by atoms with Gasteiger partial charge in [0.25, 0.3) is 0 Å². The third-order valence-corrected chi connectivity index (χ3v) is 2.07. The van der Waals surface area contributed by atoms with Crippen LogP contribution in [0.25, 0.3) is 0 Å². The maximum absolute atomic E-state index is 5.60. The van der Waals surface area contributed by atoms with E-state index in [0.717, 1.165) is 24.6 Å². The van der Waals surface area contributed by atoms with Crippen LogP contribution in [-0.4, -0.2) is 40.4 Å². The lowest BCUT2D eigenvalue weighted by Gasteiger charge is -2.12. The first-order valence-electron chi connectivity index (χ1n) is 5.52. The minimum Gasteiger partial charge on any atom is -0.488 e. The second-order valence-corrected chi connectivity index (χ2v) is 3.35. The Hall–Kier alpha value is -1.26. The molecule has 1 aromatic carbocycles. The second-order valence-electron chi connectivity index (χ2n) is 3.35. The van der Waals surface area contributed by atoms with E-state index in [2.05, 4.69) is 10.6 Å². The van der Waals surface area contributed by atoms with Gasteiger partial charge in [-0.25, -0.2) is 0 Å². The summed E-state index contributed by atoms with van der Waals surface area (Å²) in [6.45, 7) is 2.93. The fraction of sp³-hybridized carbons (Fsp3) is 0.500. The Bertz CT molecular complexity index is 263. The maximum atomic E-state index is 5.60. The number of para-hydroxylation sites is 2. The second kappa shape index (κ2) is 7.96. The van der Waals surface area contributed by atoms with E-state index in [1.54, 1.807) is 0 Å². The summed E-state index contributed by atoms with van der Waals surface area (Å²) in [4.78, 5) is 0. The molecule has 1 aromatic rings. The molecule has 0 heterocycles. The molecule has 0 aromatic heterocycles. The van der Waals surface area contributed by atoms with Crippen molar-refractivity contribution in [3.05, 3.63) is 24.3 Å². The van der Waals surface area contributed by atoms with Crippen molar-refractivity contribution in [2.45, 2.75) is 0 Å². The number of ether oxygens (including phenoxy) is 2. The monoisotopic (exact) mass is 224 g/mol. The molecule has 0 radical (unpaired) electrons. The lowest BCUT2D eigenvalue weighted by molar-refractivity contribution is 0.270. The average Bonchev–Trinajstić information content (AvgIpc) is 2.32. The Labute approximate surface area is 96.9 Å². The van der Waals surface area contributed by atoms with Gasteiger partial charge in [-0.05, 0) is 26.2 Å². The summed E-state index contributed by atoms with van der Waals surface area (Å²) in [6, 6.07) is 7.73. The molecule has 0 atom stereocenters. The normalized spacial score (nSPS) is 10.1. The van der Waals surface area contributed by atoms with Gasteiger partial charge in [0.05, 0.1) is 0 Å². The van der Waals surface area contributed by atoms with Crippen molar-refractivity contribution in [3.8, 4) is 11.5 Å². The average molecular weight is 224 g/mol. The predicted octanol–water partition coefficient (Wildman–Crippen LogP) is 0.883. The van der Waals surface area contributed by atoms with Crippen LogP contribution in [0.3, 0.4) is 0 Å². The molecule has 4 heteroatoms. The molecular formula is C12H20N2O2. The molecule has 0 unspecified atom stereocenters. The van der Waals surface area contributed by atoms with E-state index in [-0.39, 0.29) is 0 Å². The number of benzene rings is 1. The summed E-state index contributed by atoms with van der Waals surface area (Å²) in [5, 5.41) is 6.07. The smallest absolute Gasteiger partial charge is 0.161 e. The zero-order valence-corrected chi connectivity index (χ0v) is 9.95. The van der Waals surface area contributed by atoms with Crippen molar-refractivity contribution in [3.63, 3.8) is 0 Å². The minimum absolute atomic E-state index is 0.642. The van der Waals surface area contributed by atoms with Gasteiger partial charge in [0, 0.05) is 13.1 Å². The first kappa shape index (κ1) is 12.8. The summed E-state index contributed by atoms with van der Waals surface area (Å²) in [7, 11) is 3.80. The lowest BCUT2D eigenvalue weighted by atomic mass is 10.3. The van der Waals surface area contributed by atoms with Crippen LogP contribution in [0, 0.1) is 0 Å². The lowest BCUT2D eigenvalue weighted by Crippen LogP contribution is -2.18. The molecule has 2 N–H and O–H groups in total. The Kier molecular flexibility index (Phi) is 6.37. The fourth-order valence-corrected chi connectivity index (χ4v) is 1.21. The van der Waals surface area contributed by atoms with Crippen LogP contribution in [0.2, 0.25) is 0 Å². The largest absolute Gasteiger partial charge is 0.488 e. The molecule has 0 bridgehead atoms. The third kappa shape index (κ3) is 4.51.